The quantitative estimate of drug-likeness (QED) is 0.228. The zero-order valence-electron chi connectivity index (χ0n) is 30.0. The van der Waals surface area contributed by atoms with Crippen LogP contribution >= 0.6 is 0 Å². The summed E-state index contributed by atoms with van der Waals surface area (Å²) in [7, 11) is 0. The van der Waals surface area contributed by atoms with Crippen LogP contribution in [0.5, 0.6) is 0 Å². The molecule has 3 fully saturated rings. The van der Waals surface area contributed by atoms with E-state index >= 15 is 0 Å². The molecule has 6 amide bonds. The Morgan fingerprint density at radius 2 is 1.15 bits per heavy atom. The van der Waals surface area contributed by atoms with Gasteiger partial charge in [0.25, 0.3) is 0 Å². The maximum Gasteiger partial charge on any atom is 0.245 e. The molecule has 2 saturated heterocycles. The first-order valence-corrected chi connectivity index (χ1v) is 17.8. The maximum absolute atomic E-state index is 13.5. The molecule has 0 aromatic heterocycles. The van der Waals surface area contributed by atoms with Crippen LogP contribution in [0.15, 0.2) is 0 Å². The molecule has 13 heteroatoms. The van der Waals surface area contributed by atoms with Gasteiger partial charge >= 0.3 is 0 Å². The van der Waals surface area contributed by atoms with Crippen molar-refractivity contribution in [3.63, 3.8) is 0 Å². The topological polar surface area (TPSA) is 174 Å². The number of hydrogen-bond donors (Lipinski definition) is 4. The Labute approximate surface area is 285 Å². The van der Waals surface area contributed by atoms with Crippen LogP contribution in [0.25, 0.3) is 0 Å². The molecular formula is C35H58N6O7. The predicted molar refractivity (Wildman–Crippen MR) is 180 cm³/mol. The van der Waals surface area contributed by atoms with Gasteiger partial charge in [0.1, 0.15) is 24.2 Å². The predicted octanol–water partition coefficient (Wildman–Crippen LogP) is 1.68. The van der Waals surface area contributed by atoms with Gasteiger partial charge < -0.3 is 31.1 Å². The monoisotopic (exact) mass is 674 g/mol. The van der Waals surface area contributed by atoms with E-state index in [1.165, 1.54) is 9.80 Å². The van der Waals surface area contributed by atoms with E-state index in [1.807, 2.05) is 0 Å². The molecule has 1 aliphatic carbocycles. The van der Waals surface area contributed by atoms with Crippen LogP contribution in [0.4, 0.5) is 0 Å². The van der Waals surface area contributed by atoms with Crippen molar-refractivity contribution in [3.05, 3.63) is 0 Å². The number of nitrogens with one attached hydrogen (secondary N) is 4. The first-order chi connectivity index (χ1) is 22.5. The summed E-state index contributed by atoms with van der Waals surface area (Å²) in [6.07, 6.45) is 7.09. The van der Waals surface area contributed by atoms with Crippen LogP contribution in [-0.4, -0.2) is 101 Å². The average Bonchev–Trinajstić information content (AvgIpc) is 3.65. The summed E-state index contributed by atoms with van der Waals surface area (Å²) in [6.45, 7) is 13.0. The van der Waals surface area contributed by atoms with Crippen LogP contribution in [-0.2, 0) is 33.6 Å². The van der Waals surface area contributed by atoms with E-state index in [4.69, 9.17) is 0 Å². The van der Waals surface area contributed by atoms with Crippen molar-refractivity contribution in [2.75, 3.05) is 26.2 Å². The number of carbonyl (C=O) groups excluding carboxylic acids is 7. The minimum Gasteiger partial charge on any atom is -0.347 e. The third kappa shape index (κ3) is 10.2. The Hall–Kier alpha value is -3.51. The van der Waals surface area contributed by atoms with Crippen LogP contribution in [0.2, 0.25) is 0 Å². The Balaban J connectivity index is 1.52. The number of hydrogen-bond acceptors (Lipinski definition) is 7. The van der Waals surface area contributed by atoms with E-state index < -0.39 is 53.2 Å². The summed E-state index contributed by atoms with van der Waals surface area (Å²) < 4.78 is 0. The van der Waals surface area contributed by atoms with E-state index in [1.54, 1.807) is 34.6 Å². The highest BCUT2D eigenvalue weighted by molar-refractivity contribution is 5.97. The number of ketones is 1. The van der Waals surface area contributed by atoms with E-state index in [9.17, 15) is 33.6 Å². The maximum atomic E-state index is 13.5. The standard InChI is InChI=1S/C35H58N6O7/c1-21(2)24-13-9-8-10-14-25(24)30(44)38-22(3)33(47)41-18-12-16-27(41)32(46)39-23(4)34(48)40-17-11-15-26(40)31(45)37-20-29(43)36-19-28(42)35(5,6)7/h21-27H,8-20H2,1-7H3,(H,36,43)(H,37,45)(H,38,44)(H,39,46)/t22-,23-,24?,25+,26-,27-/m0/s1. The molecule has 13 nitrogen and oxygen atoms in total. The van der Waals surface area contributed by atoms with Crippen LogP contribution in [0, 0.1) is 23.2 Å². The molecule has 4 N–H and O–H groups in total. The highest BCUT2D eigenvalue weighted by Crippen LogP contribution is 2.34. The molecule has 48 heavy (non-hydrogen) atoms. The molecule has 0 aromatic rings. The second-order valence-corrected chi connectivity index (χ2v) is 15.2. The largest absolute Gasteiger partial charge is 0.347 e. The molecule has 1 saturated carbocycles. The summed E-state index contributed by atoms with van der Waals surface area (Å²) in [5.74, 6) is -1.92. The lowest BCUT2D eigenvalue weighted by molar-refractivity contribution is -0.144. The normalized spacial score (nSPS) is 24.3. The lowest BCUT2D eigenvalue weighted by atomic mass is 9.79. The number of rotatable bonds is 12. The van der Waals surface area contributed by atoms with E-state index in [2.05, 4.69) is 35.1 Å². The summed E-state index contributed by atoms with van der Waals surface area (Å²) >= 11 is 0. The SMILES string of the molecule is CC(C)C1CCCCC[C@H]1C(=O)N[C@@H](C)C(=O)N1CCC[C@H]1C(=O)N[C@@H](C)C(=O)N1CCC[C@H]1C(=O)NCC(=O)NCC(=O)C(C)(C)C. The fourth-order valence-electron chi connectivity index (χ4n) is 7.11. The zero-order chi connectivity index (χ0) is 35.8. The molecule has 3 aliphatic rings. The molecule has 6 atom stereocenters. The second-order valence-electron chi connectivity index (χ2n) is 15.2. The number of likely N-dealkylation sites (tertiary alicyclic amines) is 2. The Bertz CT molecular complexity index is 1210. The molecule has 0 bridgehead atoms. The Kier molecular flexibility index (Phi) is 14.0. The van der Waals surface area contributed by atoms with E-state index in [-0.39, 0.29) is 42.5 Å². The Morgan fingerprint density at radius 3 is 1.69 bits per heavy atom. The summed E-state index contributed by atoms with van der Waals surface area (Å²) in [5.41, 5.74) is -0.597. The van der Waals surface area contributed by atoms with Crippen LogP contribution < -0.4 is 21.3 Å². The van der Waals surface area contributed by atoms with Gasteiger partial charge in [-0.2, -0.15) is 0 Å². The molecule has 0 aromatic carbocycles. The first-order valence-electron chi connectivity index (χ1n) is 17.8. The minimum absolute atomic E-state index is 0.101. The van der Waals surface area contributed by atoms with Gasteiger partial charge in [-0.25, -0.2) is 0 Å². The molecule has 3 rings (SSSR count). The van der Waals surface area contributed by atoms with E-state index in [0.717, 1.165) is 32.1 Å². The molecule has 1 unspecified atom stereocenters. The summed E-state index contributed by atoms with van der Waals surface area (Å²) in [6, 6.07) is -3.30. The van der Waals surface area contributed by atoms with Crippen molar-refractivity contribution in [1.82, 2.24) is 31.1 Å². The van der Waals surface area contributed by atoms with E-state index in [0.29, 0.717) is 44.7 Å². The molecule has 270 valence electrons. The third-order valence-electron chi connectivity index (χ3n) is 10.1. The van der Waals surface area contributed by atoms with Crippen molar-refractivity contribution in [2.45, 2.75) is 130 Å². The zero-order valence-corrected chi connectivity index (χ0v) is 30.0. The van der Waals surface area contributed by atoms with Crippen LogP contribution in [0.1, 0.15) is 106 Å². The van der Waals surface area contributed by atoms with Crippen LogP contribution in [0.3, 0.4) is 0 Å². The number of amides is 6. The van der Waals surface area contributed by atoms with Crippen molar-refractivity contribution in [1.29, 1.82) is 0 Å². The van der Waals surface area contributed by atoms with Gasteiger partial charge in [0, 0.05) is 24.4 Å². The van der Waals surface area contributed by atoms with Gasteiger partial charge in [0.15, 0.2) is 5.78 Å². The third-order valence-corrected chi connectivity index (χ3v) is 10.1. The summed E-state index contributed by atoms with van der Waals surface area (Å²) in [5, 5.41) is 10.8. The fraction of sp³-hybridized carbons (Fsp3) is 0.800. The molecule has 0 spiro atoms. The van der Waals surface area contributed by atoms with Crippen molar-refractivity contribution in [2.24, 2.45) is 23.2 Å². The smallest absolute Gasteiger partial charge is 0.245 e. The number of nitrogens with zero attached hydrogens (tertiary/aromatic N) is 2. The lowest BCUT2D eigenvalue weighted by Gasteiger charge is -2.31. The lowest BCUT2D eigenvalue weighted by Crippen LogP contribution is -2.57. The van der Waals surface area contributed by atoms with Crippen molar-refractivity contribution >= 4 is 41.2 Å². The molecule has 2 heterocycles. The highest BCUT2D eigenvalue weighted by Gasteiger charge is 2.41. The minimum atomic E-state index is -0.949. The summed E-state index contributed by atoms with van der Waals surface area (Å²) in [4.78, 5) is 93.7. The van der Waals surface area contributed by atoms with Gasteiger partial charge in [-0.1, -0.05) is 53.9 Å². The fourth-order valence-corrected chi connectivity index (χ4v) is 7.11. The number of Topliss-reactive ketones (excluding diaryl/α,β-unsaturated/α-hetero) is 1. The van der Waals surface area contributed by atoms with Gasteiger partial charge in [-0.3, -0.25) is 33.6 Å². The second kappa shape index (κ2) is 17.2. The first kappa shape index (κ1) is 38.9. The molecule has 2 aliphatic heterocycles. The Morgan fingerprint density at radius 1 is 0.625 bits per heavy atom. The van der Waals surface area contributed by atoms with Crippen molar-refractivity contribution < 1.29 is 33.6 Å². The molecular weight excluding hydrogens is 616 g/mol. The van der Waals surface area contributed by atoms with Crippen molar-refractivity contribution in [3.8, 4) is 0 Å². The average molecular weight is 675 g/mol. The van der Waals surface area contributed by atoms with Gasteiger partial charge in [-0.15, -0.1) is 0 Å². The highest BCUT2D eigenvalue weighted by atomic mass is 16.2. The van der Waals surface area contributed by atoms with Gasteiger partial charge in [-0.05, 0) is 64.2 Å². The van der Waals surface area contributed by atoms with Gasteiger partial charge in [0.2, 0.25) is 35.4 Å². The number of carbonyl (C=O) groups is 7. The van der Waals surface area contributed by atoms with Gasteiger partial charge in [0.05, 0.1) is 13.1 Å². The molecule has 0 radical (unpaired) electrons.